The molecule has 0 spiro atoms. The van der Waals surface area contributed by atoms with Crippen molar-refractivity contribution in [2.24, 2.45) is 0 Å². The van der Waals surface area contributed by atoms with Crippen LogP contribution >= 0.6 is 0 Å². The highest BCUT2D eigenvalue weighted by molar-refractivity contribution is 5.96. The van der Waals surface area contributed by atoms with Crippen LogP contribution in [0.2, 0.25) is 0 Å². The summed E-state index contributed by atoms with van der Waals surface area (Å²) in [5.74, 6) is 0.0528. The summed E-state index contributed by atoms with van der Waals surface area (Å²) in [5, 5.41) is 9.73. The van der Waals surface area contributed by atoms with Gasteiger partial charge in [0.05, 0.1) is 11.4 Å². The highest BCUT2D eigenvalue weighted by Gasteiger charge is 2.18. The van der Waals surface area contributed by atoms with Gasteiger partial charge in [-0.1, -0.05) is 12.8 Å². The van der Waals surface area contributed by atoms with Gasteiger partial charge >= 0.3 is 0 Å². The highest BCUT2D eigenvalue weighted by atomic mass is 16.1. The van der Waals surface area contributed by atoms with Gasteiger partial charge in [-0.15, -0.1) is 0 Å². The number of carbonyl (C=O) groups excluding carboxylic acids is 1. The number of rotatable bonds is 2. The first-order valence-electron chi connectivity index (χ1n) is 6.75. The average Bonchev–Trinajstić information content (AvgIpc) is 2.91. The van der Waals surface area contributed by atoms with Crippen molar-refractivity contribution in [2.45, 2.75) is 31.7 Å². The Labute approximate surface area is 107 Å². The maximum absolute atomic E-state index is 12.1. The van der Waals surface area contributed by atoms with Gasteiger partial charge < -0.3 is 16.0 Å². The Balaban J connectivity index is 1.73. The Hall–Kier alpha value is -1.71. The Kier molecular flexibility index (Phi) is 3.09. The van der Waals surface area contributed by atoms with Crippen LogP contribution in [0.25, 0.3) is 0 Å². The van der Waals surface area contributed by atoms with E-state index in [1.165, 1.54) is 12.8 Å². The lowest BCUT2D eigenvalue weighted by Gasteiger charge is -2.20. The molecule has 1 aliphatic heterocycles. The summed E-state index contributed by atoms with van der Waals surface area (Å²) in [5.41, 5.74) is 2.86. The van der Waals surface area contributed by atoms with E-state index in [1.807, 2.05) is 18.2 Å². The lowest BCUT2D eigenvalue weighted by atomic mass is 10.1. The van der Waals surface area contributed by atoms with Crippen molar-refractivity contribution in [3.05, 3.63) is 23.8 Å². The normalized spacial score (nSPS) is 18.7. The van der Waals surface area contributed by atoms with Crippen LogP contribution < -0.4 is 16.0 Å². The molecule has 3 N–H and O–H groups in total. The molecule has 1 fully saturated rings. The van der Waals surface area contributed by atoms with Crippen LogP contribution in [0.3, 0.4) is 0 Å². The number of carbonyl (C=O) groups is 1. The first kappa shape index (κ1) is 11.4. The molecule has 0 bridgehead atoms. The van der Waals surface area contributed by atoms with Gasteiger partial charge in [-0.3, -0.25) is 4.79 Å². The fraction of sp³-hybridized carbons (Fsp3) is 0.500. The predicted molar refractivity (Wildman–Crippen MR) is 73.1 cm³/mol. The summed E-state index contributed by atoms with van der Waals surface area (Å²) in [4.78, 5) is 12.1. The molecule has 96 valence electrons. The van der Waals surface area contributed by atoms with Crippen LogP contribution in [0.5, 0.6) is 0 Å². The molecule has 4 nitrogen and oxygen atoms in total. The number of hydrogen-bond acceptors (Lipinski definition) is 3. The number of benzene rings is 1. The van der Waals surface area contributed by atoms with Gasteiger partial charge in [0.1, 0.15) is 0 Å². The van der Waals surface area contributed by atoms with E-state index in [9.17, 15) is 4.79 Å². The Bertz CT molecular complexity index is 452. The first-order valence-corrected chi connectivity index (χ1v) is 6.75. The quantitative estimate of drug-likeness (QED) is 0.748. The summed E-state index contributed by atoms with van der Waals surface area (Å²) in [6.07, 6.45) is 4.72. The third-order valence-electron chi connectivity index (χ3n) is 3.73. The van der Waals surface area contributed by atoms with E-state index < -0.39 is 0 Å². The van der Waals surface area contributed by atoms with Gasteiger partial charge in [-0.2, -0.15) is 0 Å². The van der Waals surface area contributed by atoms with Crippen LogP contribution in [-0.4, -0.2) is 25.0 Å². The molecule has 3 rings (SSSR count). The van der Waals surface area contributed by atoms with E-state index in [0.29, 0.717) is 6.04 Å². The number of hydrogen-bond donors (Lipinski definition) is 3. The minimum absolute atomic E-state index is 0.0528. The third kappa shape index (κ3) is 2.28. The number of fused-ring (bicyclic) bond motifs is 1. The third-order valence-corrected chi connectivity index (χ3v) is 3.73. The summed E-state index contributed by atoms with van der Waals surface area (Å²) in [6.45, 7) is 1.83. The maximum Gasteiger partial charge on any atom is 0.251 e. The zero-order chi connectivity index (χ0) is 12.4. The summed E-state index contributed by atoms with van der Waals surface area (Å²) >= 11 is 0. The smallest absolute Gasteiger partial charge is 0.251 e. The van der Waals surface area contributed by atoms with Gasteiger partial charge in [0, 0.05) is 24.7 Å². The highest BCUT2D eigenvalue weighted by Crippen LogP contribution is 2.25. The molecule has 1 amide bonds. The minimum atomic E-state index is 0.0528. The van der Waals surface area contributed by atoms with Crippen LogP contribution in [-0.2, 0) is 0 Å². The van der Waals surface area contributed by atoms with Gasteiger partial charge in [0.2, 0.25) is 0 Å². The van der Waals surface area contributed by atoms with Gasteiger partial charge in [0.25, 0.3) is 5.91 Å². The monoisotopic (exact) mass is 245 g/mol. The molecule has 1 aromatic rings. The second kappa shape index (κ2) is 4.88. The van der Waals surface area contributed by atoms with E-state index in [0.717, 1.165) is 42.9 Å². The molecule has 4 heteroatoms. The molecule has 0 saturated heterocycles. The van der Waals surface area contributed by atoms with E-state index in [2.05, 4.69) is 16.0 Å². The number of nitrogens with one attached hydrogen (secondary N) is 3. The van der Waals surface area contributed by atoms with E-state index in [1.54, 1.807) is 0 Å². The molecular formula is C14H19N3O. The second-order valence-corrected chi connectivity index (χ2v) is 5.07. The fourth-order valence-corrected chi connectivity index (χ4v) is 2.72. The molecule has 1 aliphatic carbocycles. The molecule has 1 aromatic carbocycles. The summed E-state index contributed by atoms with van der Waals surface area (Å²) in [6, 6.07) is 6.18. The first-order chi connectivity index (χ1) is 8.83. The molecule has 0 unspecified atom stereocenters. The minimum Gasteiger partial charge on any atom is -0.382 e. The average molecular weight is 245 g/mol. The number of amides is 1. The molecule has 0 atom stereocenters. The maximum atomic E-state index is 12.1. The van der Waals surface area contributed by atoms with Crippen molar-refractivity contribution in [1.82, 2.24) is 5.32 Å². The Morgan fingerprint density at radius 1 is 1.11 bits per heavy atom. The van der Waals surface area contributed by atoms with Gasteiger partial charge in [-0.25, -0.2) is 0 Å². The standard InChI is InChI=1S/C14H19N3O/c18-14(17-11-3-1-2-4-11)10-5-6-12-13(9-10)16-8-7-15-12/h5-6,9,11,15-16H,1-4,7-8H2,(H,17,18). The van der Waals surface area contributed by atoms with E-state index in [-0.39, 0.29) is 5.91 Å². The lowest BCUT2D eigenvalue weighted by Crippen LogP contribution is -2.32. The molecular weight excluding hydrogens is 226 g/mol. The lowest BCUT2D eigenvalue weighted by molar-refractivity contribution is 0.0938. The molecule has 0 aromatic heterocycles. The van der Waals surface area contributed by atoms with Crippen molar-refractivity contribution < 1.29 is 4.79 Å². The van der Waals surface area contributed by atoms with Crippen molar-refractivity contribution in [2.75, 3.05) is 23.7 Å². The van der Waals surface area contributed by atoms with E-state index in [4.69, 9.17) is 0 Å². The predicted octanol–water partition coefficient (Wildman–Crippen LogP) is 2.20. The molecule has 1 saturated carbocycles. The van der Waals surface area contributed by atoms with E-state index >= 15 is 0 Å². The molecule has 1 heterocycles. The largest absolute Gasteiger partial charge is 0.382 e. The van der Waals surface area contributed by atoms with Crippen LogP contribution in [0.1, 0.15) is 36.0 Å². The Morgan fingerprint density at radius 3 is 2.61 bits per heavy atom. The van der Waals surface area contributed by atoms with Crippen molar-refractivity contribution in [3.63, 3.8) is 0 Å². The summed E-state index contributed by atoms with van der Waals surface area (Å²) in [7, 11) is 0. The topological polar surface area (TPSA) is 53.2 Å². The van der Waals surface area contributed by atoms with Crippen molar-refractivity contribution in [1.29, 1.82) is 0 Å². The number of anilines is 2. The van der Waals surface area contributed by atoms with Crippen LogP contribution in [0.15, 0.2) is 18.2 Å². The van der Waals surface area contributed by atoms with Crippen LogP contribution in [0, 0.1) is 0 Å². The SMILES string of the molecule is O=C(NC1CCCC1)c1ccc2c(c1)NCCN2. The van der Waals surface area contributed by atoms with Gasteiger partial charge in [0.15, 0.2) is 0 Å². The van der Waals surface area contributed by atoms with Crippen LogP contribution in [0.4, 0.5) is 11.4 Å². The zero-order valence-corrected chi connectivity index (χ0v) is 10.5. The second-order valence-electron chi connectivity index (χ2n) is 5.07. The van der Waals surface area contributed by atoms with Crippen molar-refractivity contribution >= 4 is 17.3 Å². The van der Waals surface area contributed by atoms with Gasteiger partial charge in [-0.05, 0) is 31.0 Å². The van der Waals surface area contributed by atoms with Crippen molar-refractivity contribution in [3.8, 4) is 0 Å². The molecule has 2 aliphatic rings. The molecule has 0 radical (unpaired) electrons. The summed E-state index contributed by atoms with van der Waals surface area (Å²) < 4.78 is 0. The Morgan fingerprint density at radius 2 is 1.83 bits per heavy atom. The fourth-order valence-electron chi connectivity index (χ4n) is 2.72. The molecule has 18 heavy (non-hydrogen) atoms. The zero-order valence-electron chi connectivity index (χ0n) is 10.5.